The van der Waals surface area contributed by atoms with Crippen LogP contribution in [0, 0.1) is 6.92 Å². The second-order valence-electron chi connectivity index (χ2n) is 5.98. The number of esters is 1. The molecule has 0 spiro atoms. The summed E-state index contributed by atoms with van der Waals surface area (Å²) in [5, 5.41) is 6.80. The average molecular weight is 404 g/mol. The molecule has 2 rings (SSSR count). The van der Waals surface area contributed by atoms with Gasteiger partial charge in [0.15, 0.2) is 5.69 Å². The zero-order chi connectivity index (χ0) is 20.4. The molecule has 0 radical (unpaired) electrons. The van der Waals surface area contributed by atoms with E-state index in [1.54, 1.807) is 30.7 Å². The molecule has 148 valence electrons. The molecular formula is C18H21ClF3N3O2. The summed E-state index contributed by atoms with van der Waals surface area (Å²) in [5.74, 6) is -0.620. The Labute approximate surface area is 160 Å². The van der Waals surface area contributed by atoms with Crippen molar-refractivity contribution in [2.75, 3.05) is 11.9 Å². The number of aromatic nitrogens is 2. The molecule has 5 nitrogen and oxygen atoms in total. The number of nitrogens with zero attached hydrogens (tertiary/aromatic N) is 2. The van der Waals surface area contributed by atoms with Gasteiger partial charge in [0.05, 0.1) is 12.3 Å². The molecule has 9 heteroatoms. The van der Waals surface area contributed by atoms with E-state index in [0.717, 1.165) is 6.92 Å². The van der Waals surface area contributed by atoms with Crippen LogP contribution in [-0.4, -0.2) is 34.6 Å². The first kappa shape index (κ1) is 21.1. The van der Waals surface area contributed by atoms with E-state index in [0.29, 0.717) is 29.1 Å². The summed E-state index contributed by atoms with van der Waals surface area (Å²) in [6, 6.07) is 3.12. The summed E-state index contributed by atoms with van der Waals surface area (Å²) in [5.41, 5.74) is 2.25. The zero-order valence-electron chi connectivity index (χ0n) is 15.4. The van der Waals surface area contributed by atoms with Crippen molar-refractivity contribution in [1.29, 1.82) is 0 Å². The molecule has 0 saturated carbocycles. The minimum atomic E-state index is -4.34. The van der Waals surface area contributed by atoms with Crippen molar-refractivity contribution >= 4 is 23.3 Å². The van der Waals surface area contributed by atoms with Crippen molar-refractivity contribution < 1.29 is 22.7 Å². The van der Waals surface area contributed by atoms with E-state index in [1.807, 2.05) is 6.92 Å². The largest absolute Gasteiger partial charge is 0.461 e. The Morgan fingerprint density at radius 2 is 2.04 bits per heavy atom. The van der Waals surface area contributed by atoms with Crippen molar-refractivity contribution in [2.24, 2.45) is 0 Å². The number of carbonyl (C=O) groups is 1. The number of ether oxygens (including phenoxy) is 1. The van der Waals surface area contributed by atoms with Crippen LogP contribution in [0.5, 0.6) is 0 Å². The highest BCUT2D eigenvalue weighted by atomic mass is 35.5. The molecule has 27 heavy (non-hydrogen) atoms. The first-order valence-corrected chi connectivity index (χ1v) is 8.85. The zero-order valence-corrected chi connectivity index (χ0v) is 16.2. The van der Waals surface area contributed by atoms with E-state index < -0.39 is 18.2 Å². The van der Waals surface area contributed by atoms with Gasteiger partial charge in [0, 0.05) is 17.8 Å². The number of nitrogens with one attached hydrogen (secondary N) is 1. The van der Waals surface area contributed by atoms with Crippen LogP contribution in [0.2, 0.25) is 5.02 Å². The van der Waals surface area contributed by atoms with Crippen molar-refractivity contribution in [1.82, 2.24) is 9.78 Å². The molecule has 1 aromatic carbocycles. The van der Waals surface area contributed by atoms with Crippen LogP contribution in [0.1, 0.15) is 36.8 Å². The Morgan fingerprint density at radius 3 is 2.56 bits per heavy atom. The van der Waals surface area contributed by atoms with Gasteiger partial charge >= 0.3 is 12.1 Å². The molecule has 0 saturated heterocycles. The predicted molar refractivity (Wildman–Crippen MR) is 98.2 cm³/mol. The van der Waals surface area contributed by atoms with Gasteiger partial charge in [-0.2, -0.15) is 18.3 Å². The highest BCUT2D eigenvalue weighted by molar-refractivity contribution is 6.35. The minimum Gasteiger partial charge on any atom is -0.461 e. The van der Waals surface area contributed by atoms with E-state index in [4.69, 9.17) is 16.3 Å². The van der Waals surface area contributed by atoms with Gasteiger partial charge in [-0.15, -0.1) is 0 Å². The number of hydrogen-bond acceptors (Lipinski definition) is 4. The molecule has 0 aliphatic heterocycles. The van der Waals surface area contributed by atoms with Crippen LogP contribution in [0.4, 0.5) is 18.9 Å². The van der Waals surface area contributed by atoms with E-state index in [-0.39, 0.29) is 17.3 Å². The van der Waals surface area contributed by atoms with Gasteiger partial charge in [-0.25, -0.2) is 4.79 Å². The molecule has 1 heterocycles. The summed E-state index contributed by atoms with van der Waals surface area (Å²) in [4.78, 5) is 12.0. The standard InChI is InChI=1S/C18H21ClF3N3O2/c1-5-25-16(14(19)15(24-25)17(26)27-6-2)13-8-7-12(9-10(13)3)23-11(4)18(20,21)22/h7-9,11,23H,5-6H2,1-4H3/t11-/m1/s1. The van der Waals surface area contributed by atoms with Gasteiger partial charge in [0.1, 0.15) is 11.1 Å². The Balaban J connectivity index is 2.43. The lowest BCUT2D eigenvalue weighted by molar-refractivity contribution is -0.138. The maximum atomic E-state index is 12.7. The summed E-state index contributed by atoms with van der Waals surface area (Å²) < 4.78 is 44.7. The number of anilines is 1. The number of hydrogen-bond donors (Lipinski definition) is 1. The quantitative estimate of drug-likeness (QED) is 0.684. The first-order valence-electron chi connectivity index (χ1n) is 8.47. The molecule has 1 N–H and O–H groups in total. The fourth-order valence-electron chi connectivity index (χ4n) is 2.61. The van der Waals surface area contributed by atoms with E-state index in [9.17, 15) is 18.0 Å². The van der Waals surface area contributed by atoms with Crippen LogP contribution in [-0.2, 0) is 11.3 Å². The molecule has 0 amide bonds. The molecule has 1 atom stereocenters. The maximum Gasteiger partial charge on any atom is 0.408 e. The minimum absolute atomic E-state index is 0.0164. The third kappa shape index (κ3) is 4.55. The number of rotatable bonds is 6. The van der Waals surface area contributed by atoms with Gasteiger partial charge < -0.3 is 10.1 Å². The lowest BCUT2D eigenvalue weighted by Crippen LogP contribution is -2.33. The number of carbonyl (C=O) groups excluding carboxylic acids is 1. The summed E-state index contributed by atoms with van der Waals surface area (Å²) in [7, 11) is 0. The molecule has 0 aliphatic carbocycles. The summed E-state index contributed by atoms with van der Waals surface area (Å²) in [6.45, 7) is 6.99. The Hall–Kier alpha value is -2.22. The van der Waals surface area contributed by atoms with Crippen LogP contribution < -0.4 is 5.32 Å². The predicted octanol–water partition coefficient (Wildman–Crippen LogP) is 5.07. The summed E-state index contributed by atoms with van der Waals surface area (Å²) >= 11 is 6.38. The van der Waals surface area contributed by atoms with Gasteiger partial charge in [-0.3, -0.25) is 4.68 Å². The number of alkyl halides is 3. The number of halogens is 4. The molecule has 1 aromatic heterocycles. The van der Waals surface area contributed by atoms with Crippen molar-refractivity contribution in [2.45, 2.75) is 46.5 Å². The number of aryl methyl sites for hydroxylation is 2. The topological polar surface area (TPSA) is 56.1 Å². The van der Waals surface area contributed by atoms with Crippen molar-refractivity contribution in [3.63, 3.8) is 0 Å². The number of benzene rings is 1. The lowest BCUT2D eigenvalue weighted by Gasteiger charge is -2.19. The Morgan fingerprint density at radius 1 is 1.37 bits per heavy atom. The van der Waals surface area contributed by atoms with Crippen LogP contribution >= 0.6 is 11.6 Å². The molecular weight excluding hydrogens is 383 g/mol. The van der Waals surface area contributed by atoms with Crippen molar-refractivity contribution in [3.05, 3.63) is 34.5 Å². The second-order valence-corrected chi connectivity index (χ2v) is 6.36. The van der Waals surface area contributed by atoms with Crippen molar-refractivity contribution in [3.8, 4) is 11.3 Å². The third-order valence-corrected chi connectivity index (χ3v) is 4.38. The average Bonchev–Trinajstić information content (AvgIpc) is 2.91. The monoisotopic (exact) mass is 403 g/mol. The SMILES string of the molecule is CCOC(=O)c1nn(CC)c(-c2ccc(N[C@H](C)C(F)(F)F)cc2C)c1Cl. The first-order chi connectivity index (χ1) is 12.6. The van der Waals surface area contributed by atoms with Crippen LogP contribution in [0.3, 0.4) is 0 Å². The highest BCUT2D eigenvalue weighted by Gasteiger charge is 2.36. The van der Waals surface area contributed by atoms with E-state index in [2.05, 4.69) is 10.4 Å². The highest BCUT2D eigenvalue weighted by Crippen LogP contribution is 2.35. The van der Waals surface area contributed by atoms with Crippen LogP contribution in [0.25, 0.3) is 11.3 Å². The summed E-state index contributed by atoms with van der Waals surface area (Å²) in [6.07, 6.45) is -4.34. The molecule has 2 aromatic rings. The lowest BCUT2D eigenvalue weighted by atomic mass is 10.0. The second kappa shape index (κ2) is 8.21. The van der Waals surface area contributed by atoms with Gasteiger partial charge in [-0.1, -0.05) is 17.7 Å². The Bertz CT molecular complexity index is 834. The van der Waals surface area contributed by atoms with Gasteiger partial charge in [-0.05, 0) is 45.4 Å². The third-order valence-electron chi connectivity index (χ3n) is 4.02. The fourth-order valence-corrected chi connectivity index (χ4v) is 2.92. The van der Waals surface area contributed by atoms with Gasteiger partial charge in [0.25, 0.3) is 0 Å². The maximum absolute atomic E-state index is 12.7. The molecule has 0 fully saturated rings. The van der Waals surface area contributed by atoms with E-state index >= 15 is 0 Å². The van der Waals surface area contributed by atoms with Gasteiger partial charge in [0.2, 0.25) is 0 Å². The normalized spacial score (nSPS) is 12.7. The molecule has 0 aliphatic rings. The molecule has 0 unspecified atom stereocenters. The smallest absolute Gasteiger partial charge is 0.408 e. The van der Waals surface area contributed by atoms with E-state index in [1.165, 1.54) is 6.07 Å². The Kier molecular flexibility index (Phi) is 6.41. The molecule has 0 bridgehead atoms. The fraction of sp³-hybridized carbons (Fsp3) is 0.444. The van der Waals surface area contributed by atoms with Crippen LogP contribution in [0.15, 0.2) is 18.2 Å².